The number of rotatable bonds is 4. The first-order chi connectivity index (χ1) is 10.8. The van der Waals surface area contributed by atoms with Crippen LogP contribution in [0.4, 0.5) is 9.93 Å². The molecule has 0 radical (unpaired) electrons. The molecule has 0 saturated carbocycles. The Morgan fingerprint density at radius 1 is 1.36 bits per heavy atom. The van der Waals surface area contributed by atoms with Crippen LogP contribution in [0.2, 0.25) is 0 Å². The van der Waals surface area contributed by atoms with Crippen molar-refractivity contribution >= 4 is 22.5 Å². The molecule has 1 saturated heterocycles. The normalized spacial score (nSPS) is 16.4. The molecule has 2 amide bonds. The topological polar surface area (TPSA) is 83.0 Å². The number of nitrogens with zero attached hydrogens (tertiary/aromatic N) is 4. The summed E-state index contributed by atoms with van der Waals surface area (Å²) in [4.78, 5) is 18.6. The molecule has 116 valence electrons. The van der Waals surface area contributed by atoms with Crippen LogP contribution in [-0.4, -0.2) is 45.2 Å². The van der Waals surface area contributed by atoms with E-state index in [2.05, 4.69) is 30.7 Å². The number of carbonyl (C=O) groups excluding carboxylic acids is 1. The number of piperidine rings is 1. The lowest BCUT2D eigenvalue weighted by Gasteiger charge is -2.31. The average molecular weight is 318 g/mol. The van der Waals surface area contributed by atoms with E-state index in [4.69, 9.17) is 0 Å². The maximum atomic E-state index is 11.8. The van der Waals surface area contributed by atoms with Crippen molar-refractivity contribution in [1.29, 1.82) is 0 Å². The van der Waals surface area contributed by atoms with Gasteiger partial charge >= 0.3 is 6.03 Å². The van der Waals surface area contributed by atoms with Crippen LogP contribution in [0.15, 0.2) is 29.9 Å². The number of urea groups is 1. The molecular weight excluding hydrogens is 300 g/mol. The van der Waals surface area contributed by atoms with Crippen LogP contribution >= 0.6 is 11.3 Å². The van der Waals surface area contributed by atoms with Crippen molar-refractivity contribution in [3.8, 4) is 0 Å². The van der Waals surface area contributed by atoms with Crippen LogP contribution in [0, 0.1) is 0 Å². The summed E-state index contributed by atoms with van der Waals surface area (Å²) in [6.07, 6.45) is 3.70. The van der Waals surface area contributed by atoms with Crippen LogP contribution in [0.5, 0.6) is 0 Å². The van der Waals surface area contributed by atoms with E-state index in [9.17, 15) is 4.79 Å². The van der Waals surface area contributed by atoms with E-state index in [-0.39, 0.29) is 12.1 Å². The highest BCUT2D eigenvalue weighted by atomic mass is 32.1. The van der Waals surface area contributed by atoms with Crippen LogP contribution in [0.3, 0.4) is 0 Å². The van der Waals surface area contributed by atoms with E-state index in [1.807, 2.05) is 24.4 Å². The third kappa shape index (κ3) is 4.22. The molecule has 2 aromatic heterocycles. The largest absolute Gasteiger partial charge is 0.335 e. The van der Waals surface area contributed by atoms with Gasteiger partial charge in [-0.1, -0.05) is 17.4 Å². The number of carbonyl (C=O) groups is 1. The zero-order valence-corrected chi connectivity index (χ0v) is 12.9. The van der Waals surface area contributed by atoms with Gasteiger partial charge in [-0.2, -0.15) is 0 Å². The van der Waals surface area contributed by atoms with E-state index in [0.29, 0.717) is 5.13 Å². The van der Waals surface area contributed by atoms with Crippen molar-refractivity contribution in [3.05, 3.63) is 35.6 Å². The maximum absolute atomic E-state index is 11.8. The van der Waals surface area contributed by atoms with Gasteiger partial charge in [-0.15, -0.1) is 10.2 Å². The van der Waals surface area contributed by atoms with Gasteiger partial charge in [-0.05, 0) is 25.0 Å². The maximum Gasteiger partial charge on any atom is 0.321 e. The van der Waals surface area contributed by atoms with Gasteiger partial charge < -0.3 is 5.32 Å². The lowest BCUT2D eigenvalue weighted by molar-refractivity contribution is 0.188. The minimum Gasteiger partial charge on any atom is -0.335 e. The second-order valence-corrected chi connectivity index (χ2v) is 6.05. The van der Waals surface area contributed by atoms with Crippen LogP contribution in [0.25, 0.3) is 0 Å². The summed E-state index contributed by atoms with van der Waals surface area (Å²) in [6.45, 7) is 2.78. The Kier molecular flexibility index (Phi) is 4.92. The standard InChI is InChI=1S/C14H18N6OS/c21-13(18-14-19-16-10-22-14)17-11-4-7-20(8-5-11)9-12-3-1-2-6-15-12/h1-3,6,10-11H,4-5,7-9H2,(H2,17,18,19,21). The fourth-order valence-corrected chi connectivity index (χ4v) is 2.94. The highest BCUT2D eigenvalue weighted by Gasteiger charge is 2.21. The summed E-state index contributed by atoms with van der Waals surface area (Å²) in [7, 11) is 0. The lowest BCUT2D eigenvalue weighted by atomic mass is 10.1. The molecule has 0 unspecified atom stereocenters. The zero-order chi connectivity index (χ0) is 15.2. The third-order valence-electron chi connectivity index (χ3n) is 3.62. The fraction of sp³-hybridized carbons (Fsp3) is 0.429. The van der Waals surface area contributed by atoms with Gasteiger partial charge in [-0.25, -0.2) is 4.79 Å². The molecule has 1 aliphatic heterocycles. The number of amides is 2. The SMILES string of the molecule is O=C(Nc1nncs1)NC1CCN(Cc2ccccn2)CC1. The van der Waals surface area contributed by atoms with E-state index in [0.717, 1.165) is 38.2 Å². The Hall–Kier alpha value is -2.06. The first kappa shape index (κ1) is 14.9. The number of hydrogen-bond donors (Lipinski definition) is 2. The molecule has 1 fully saturated rings. The monoisotopic (exact) mass is 318 g/mol. The van der Waals surface area contributed by atoms with Crippen molar-refractivity contribution in [2.45, 2.75) is 25.4 Å². The summed E-state index contributed by atoms with van der Waals surface area (Å²) in [5.74, 6) is 0. The molecule has 0 aliphatic carbocycles. The number of aromatic nitrogens is 3. The lowest BCUT2D eigenvalue weighted by Crippen LogP contribution is -2.45. The van der Waals surface area contributed by atoms with Gasteiger partial charge in [-0.3, -0.25) is 15.2 Å². The number of hydrogen-bond acceptors (Lipinski definition) is 6. The molecule has 2 N–H and O–H groups in total. The molecule has 0 bridgehead atoms. The van der Waals surface area contributed by atoms with E-state index in [1.165, 1.54) is 11.3 Å². The van der Waals surface area contributed by atoms with Crippen molar-refractivity contribution < 1.29 is 4.79 Å². The Balaban J connectivity index is 1.41. The molecular formula is C14H18N6OS. The Morgan fingerprint density at radius 3 is 2.91 bits per heavy atom. The minimum atomic E-state index is -0.208. The summed E-state index contributed by atoms with van der Waals surface area (Å²) >= 11 is 1.31. The van der Waals surface area contributed by atoms with Gasteiger partial charge in [0.2, 0.25) is 5.13 Å². The van der Waals surface area contributed by atoms with Crippen molar-refractivity contribution in [3.63, 3.8) is 0 Å². The van der Waals surface area contributed by atoms with Gasteiger partial charge in [0.05, 0.1) is 5.69 Å². The summed E-state index contributed by atoms with van der Waals surface area (Å²) < 4.78 is 0. The molecule has 22 heavy (non-hydrogen) atoms. The molecule has 0 atom stereocenters. The van der Waals surface area contributed by atoms with Gasteiger partial charge in [0, 0.05) is 31.9 Å². The Morgan fingerprint density at radius 2 is 2.23 bits per heavy atom. The van der Waals surface area contributed by atoms with Gasteiger partial charge in [0.15, 0.2) is 0 Å². The highest BCUT2D eigenvalue weighted by molar-refractivity contribution is 7.13. The molecule has 2 aromatic rings. The number of likely N-dealkylation sites (tertiary alicyclic amines) is 1. The quantitative estimate of drug-likeness (QED) is 0.897. The predicted molar refractivity (Wildman–Crippen MR) is 84.6 cm³/mol. The van der Waals surface area contributed by atoms with E-state index >= 15 is 0 Å². The van der Waals surface area contributed by atoms with Crippen molar-refractivity contribution in [2.24, 2.45) is 0 Å². The summed E-state index contributed by atoms with van der Waals surface area (Å²) in [5, 5.41) is 13.7. The second kappa shape index (κ2) is 7.28. The smallest absolute Gasteiger partial charge is 0.321 e. The van der Waals surface area contributed by atoms with Crippen LogP contribution in [0.1, 0.15) is 18.5 Å². The first-order valence-corrected chi connectivity index (χ1v) is 8.13. The molecule has 0 aromatic carbocycles. The van der Waals surface area contributed by atoms with E-state index in [1.54, 1.807) is 5.51 Å². The summed E-state index contributed by atoms with van der Waals surface area (Å²) in [6, 6.07) is 5.97. The minimum absolute atomic E-state index is 0.202. The Labute approximate surface area is 132 Å². The molecule has 3 heterocycles. The summed E-state index contributed by atoms with van der Waals surface area (Å²) in [5.41, 5.74) is 2.68. The average Bonchev–Trinajstić information content (AvgIpc) is 3.03. The predicted octanol–water partition coefficient (Wildman–Crippen LogP) is 1.72. The molecule has 1 aliphatic rings. The van der Waals surface area contributed by atoms with Gasteiger partial charge in [0.25, 0.3) is 0 Å². The number of anilines is 1. The van der Waals surface area contributed by atoms with Gasteiger partial charge in [0.1, 0.15) is 5.51 Å². The third-order valence-corrected chi connectivity index (χ3v) is 4.22. The van der Waals surface area contributed by atoms with Crippen molar-refractivity contribution in [1.82, 2.24) is 25.4 Å². The van der Waals surface area contributed by atoms with E-state index < -0.39 is 0 Å². The fourth-order valence-electron chi connectivity index (χ4n) is 2.50. The highest BCUT2D eigenvalue weighted by Crippen LogP contribution is 2.13. The molecule has 0 spiro atoms. The molecule has 8 heteroatoms. The molecule has 7 nitrogen and oxygen atoms in total. The first-order valence-electron chi connectivity index (χ1n) is 7.25. The van der Waals surface area contributed by atoms with Crippen LogP contribution in [-0.2, 0) is 6.54 Å². The number of pyridine rings is 1. The van der Waals surface area contributed by atoms with Crippen molar-refractivity contribution in [2.75, 3.05) is 18.4 Å². The Bertz CT molecular complexity index is 583. The zero-order valence-electron chi connectivity index (χ0n) is 12.1. The van der Waals surface area contributed by atoms with Crippen LogP contribution < -0.4 is 10.6 Å². The second-order valence-electron chi connectivity index (χ2n) is 5.21. The number of nitrogens with one attached hydrogen (secondary N) is 2. The molecule has 3 rings (SSSR count).